The van der Waals surface area contributed by atoms with Crippen molar-refractivity contribution in [2.24, 2.45) is 5.92 Å². The van der Waals surface area contributed by atoms with Crippen molar-refractivity contribution >= 4 is 17.6 Å². The molecular weight excluding hydrogens is 330 g/mol. The van der Waals surface area contributed by atoms with E-state index in [1.54, 1.807) is 17.0 Å². The lowest BCUT2D eigenvalue weighted by Gasteiger charge is -2.32. The number of piperidine rings is 1. The van der Waals surface area contributed by atoms with Crippen molar-refractivity contribution in [3.8, 4) is 6.07 Å². The minimum Gasteiger partial charge on any atom is -0.355 e. The Hall–Kier alpha value is -2.68. The quantitative estimate of drug-likeness (QED) is 0.760. The maximum Gasteiger partial charge on any atom is 0.234 e. The average molecular weight is 355 g/mol. The molecule has 0 radical (unpaired) electrons. The highest BCUT2D eigenvalue weighted by Gasteiger charge is 2.23. The number of nitrogens with zero attached hydrogens (tertiary/aromatic N) is 2. The van der Waals surface area contributed by atoms with Gasteiger partial charge in [0.15, 0.2) is 5.78 Å². The van der Waals surface area contributed by atoms with Crippen LogP contribution in [0, 0.1) is 24.2 Å². The molecule has 0 unspecified atom stereocenters. The van der Waals surface area contributed by atoms with Gasteiger partial charge in [0.1, 0.15) is 6.42 Å². The number of ketones is 1. The molecule has 26 heavy (non-hydrogen) atoms. The molecule has 1 aliphatic rings. The van der Waals surface area contributed by atoms with Gasteiger partial charge in [-0.25, -0.2) is 0 Å². The van der Waals surface area contributed by atoms with E-state index in [1.807, 2.05) is 25.1 Å². The fourth-order valence-corrected chi connectivity index (χ4v) is 3.04. The third kappa shape index (κ3) is 5.99. The molecule has 0 bridgehead atoms. The van der Waals surface area contributed by atoms with Gasteiger partial charge >= 0.3 is 0 Å². The summed E-state index contributed by atoms with van der Waals surface area (Å²) in [5, 5.41) is 11.2. The SMILES string of the molecule is Cc1ccc(C(=O)CCC(=O)N2CCC(CNC(=O)CC#N)CC2)cc1. The summed E-state index contributed by atoms with van der Waals surface area (Å²) in [6.45, 7) is 3.82. The van der Waals surface area contributed by atoms with E-state index < -0.39 is 0 Å². The maximum atomic E-state index is 12.3. The van der Waals surface area contributed by atoms with E-state index >= 15 is 0 Å². The summed E-state index contributed by atoms with van der Waals surface area (Å²) in [6.07, 6.45) is 1.99. The van der Waals surface area contributed by atoms with Crippen LogP contribution in [0.5, 0.6) is 0 Å². The normalized spacial score (nSPS) is 14.5. The molecule has 6 nitrogen and oxygen atoms in total. The Morgan fingerprint density at radius 2 is 1.81 bits per heavy atom. The average Bonchev–Trinajstić information content (AvgIpc) is 2.65. The van der Waals surface area contributed by atoms with E-state index in [4.69, 9.17) is 5.26 Å². The van der Waals surface area contributed by atoms with Crippen LogP contribution in [0.3, 0.4) is 0 Å². The second-order valence-electron chi connectivity index (χ2n) is 6.75. The highest BCUT2D eigenvalue weighted by atomic mass is 16.2. The number of hydrogen-bond donors (Lipinski definition) is 1. The molecule has 0 aromatic heterocycles. The highest BCUT2D eigenvalue weighted by Crippen LogP contribution is 2.18. The van der Waals surface area contributed by atoms with Crippen LogP contribution in [-0.2, 0) is 9.59 Å². The summed E-state index contributed by atoms with van der Waals surface area (Å²) in [5.74, 6) is 0.0855. The summed E-state index contributed by atoms with van der Waals surface area (Å²) in [5.41, 5.74) is 1.75. The molecule has 0 aliphatic carbocycles. The molecular formula is C20H25N3O3. The predicted molar refractivity (Wildman–Crippen MR) is 97.3 cm³/mol. The number of amides is 2. The molecule has 2 rings (SSSR count). The number of Topliss-reactive ketones (excluding diaryl/α,β-unsaturated/α-hetero) is 1. The van der Waals surface area contributed by atoms with Gasteiger partial charge in [0, 0.05) is 38.0 Å². The second kappa shape index (κ2) is 9.71. The number of carbonyl (C=O) groups excluding carboxylic acids is 3. The summed E-state index contributed by atoms with van der Waals surface area (Å²) in [7, 11) is 0. The van der Waals surface area contributed by atoms with Crippen molar-refractivity contribution in [2.45, 2.75) is 39.0 Å². The first-order valence-electron chi connectivity index (χ1n) is 9.01. The van der Waals surface area contributed by atoms with Crippen LogP contribution < -0.4 is 5.32 Å². The van der Waals surface area contributed by atoms with E-state index in [9.17, 15) is 14.4 Å². The van der Waals surface area contributed by atoms with Gasteiger partial charge in [0.25, 0.3) is 0 Å². The standard InChI is InChI=1S/C20H25N3O3/c1-15-2-4-17(5-3-15)18(24)6-7-20(26)23-12-9-16(10-13-23)14-22-19(25)8-11-21/h2-5,16H,6-10,12-14H2,1H3,(H,22,25). The Morgan fingerprint density at radius 1 is 1.15 bits per heavy atom. The Morgan fingerprint density at radius 3 is 2.42 bits per heavy atom. The number of carbonyl (C=O) groups is 3. The zero-order valence-corrected chi connectivity index (χ0v) is 15.2. The van der Waals surface area contributed by atoms with Crippen LogP contribution in [0.2, 0.25) is 0 Å². The van der Waals surface area contributed by atoms with E-state index in [0.29, 0.717) is 31.1 Å². The number of likely N-dealkylation sites (tertiary alicyclic amines) is 1. The number of nitrogens with one attached hydrogen (secondary N) is 1. The Labute approximate surface area is 154 Å². The lowest BCUT2D eigenvalue weighted by molar-refractivity contribution is -0.132. The molecule has 1 N–H and O–H groups in total. The van der Waals surface area contributed by atoms with E-state index in [-0.39, 0.29) is 36.9 Å². The van der Waals surface area contributed by atoms with Gasteiger partial charge in [-0.3, -0.25) is 14.4 Å². The van der Waals surface area contributed by atoms with Gasteiger partial charge in [0.2, 0.25) is 11.8 Å². The molecule has 1 aromatic rings. The van der Waals surface area contributed by atoms with Crippen molar-refractivity contribution in [1.82, 2.24) is 10.2 Å². The molecule has 2 amide bonds. The van der Waals surface area contributed by atoms with Crippen molar-refractivity contribution in [3.05, 3.63) is 35.4 Å². The zero-order valence-electron chi connectivity index (χ0n) is 15.2. The molecule has 138 valence electrons. The molecule has 0 atom stereocenters. The first-order valence-corrected chi connectivity index (χ1v) is 9.01. The van der Waals surface area contributed by atoms with Crippen molar-refractivity contribution in [1.29, 1.82) is 5.26 Å². The molecule has 1 fully saturated rings. The molecule has 1 aliphatic heterocycles. The lowest BCUT2D eigenvalue weighted by Crippen LogP contribution is -2.41. The van der Waals surface area contributed by atoms with Crippen LogP contribution >= 0.6 is 0 Å². The number of aryl methyl sites for hydroxylation is 1. The molecule has 6 heteroatoms. The largest absolute Gasteiger partial charge is 0.355 e. The van der Waals surface area contributed by atoms with Crippen LogP contribution in [-0.4, -0.2) is 42.1 Å². The lowest BCUT2D eigenvalue weighted by atomic mass is 9.96. The monoisotopic (exact) mass is 355 g/mol. The number of benzene rings is 1. The molecule has 1 aromatic carbocycles. The molecule has 1 heterocycles. The topological polar surface area (TPSA) is 90.3 Å². The summed E-state index contributed by atoms with van der Waals surface area (Å²) < 4.78 is 0. The second-order valence-corrected chi connectivity index (χ2v) is 6.75. The van der Waals surface area contributed by atoms with Gasteiger partial charge in [-0.2, -0.15) is 5.26 Å². The van der Waals surface area contributed by atoms with E-state index in [1.165, 1.54) is 0 Å². The zero-order chi connectivity index (χ0) is 18.9. The third-order valence-corrected chi connectivity index (χ3v) is 4.73. The van der Waals surface area contributed by atoms with Gasteiger partial charge in [-0.05, 0) is 25.7 Å². The number of rotatable bonds is 7. The number of nitriles is 1. The Balaban J connectivity index is 1.69. The summed E-state index contributed by atoms with van der Waals surface area (Å²) in [4.78, 5) is 37.6. The number of hydrogen-bond acceptors (Lipinski definition) is 4. The summed E-state index contributed by atoms with van der Waals surface area (Å²) in [6, 6.07) is 9.22. The maximum absolute atomic E-state index is 12.3. The van der Waals surface area contributed by atoms with Gasteiger partial charge < -0.3 is 10.2 Å². The predicted octanol–water partition coefficient (Wildman–Crippen LogP) is 2.23. The Bertz CT molecular complexity index is 683. The van der Waals surface area contributed by atoms with Crippen LogP contribution in [0.15, 0.2) is 24.3 Å². The highest BCUT2D eigenvalue weighted by molar-refractivity contribution is 5.98. The van der Waals surface area contributed by atoms with Gasteiger partial charge in [0.05, 0.1) is 6.07 Å². The fraction of sp³-hybridized carbons (Fsp3) is 0.500. The first kappa shape index (κ1) is 19.6. The van der Waals surface area contributed by atoms with E-state index in [2.05, 4.69) is 5.32 Å². The molecule has 0 saturated carbocycles. The molecule has 0 spiro atoms. The van der Waals surface area contributed by atoms with Crippen LogP contribution in [0.4, 0.5) is 0 Å². The van der Waals surface area contributed by atoms with Gasteiger partial charge in [-0.1, -0.05) is 29.8 Å². The van der Waals surface area contributed by atoms with Gasteiger partial charge in [-0.15, -0.1) is 0 Å². The van der Waals surface area contributed by atoms with Crippen molar-refractivity contribution in [2.75, 3.05) is 19.6 Å². The molecule has 1 saturated heterocycles. The van der Waals surface area contributed by atoms with Crippen LogP contribution in [0.1, 0.15) is 48.0 Å². The minimum atomic E-state index is -0.249. The van der Waals surface area contributed by atoms with Crippen LogP contribution in [0.25, 0.3) is 0 Å². The van der Waals surface area contributed by atoms with Crippen molar-refractivity contribution < 1.29 is 14.4 Å². The van der Waals surface area contributed by atoms with E-state index in [0.717, 1.165) is 18.4 Å². The fourth-order valence-electron chi connectivity index (χ4n) is 3.04. The Kier molecular flexibility index (Phi) is 7.34. The van der Waals surface area contributed by atoms with Crippen molar-refractivity contribution in [3.63, 3.8) is 0 Å². The first-order chi connectivity index (χ1) is 12.5. The summed E-state index contributed by atoms with van der Waals surface area (Å²) >= 11 is 0. The third-order valence-electron chi connectivity index (χ3n) is 4.73. The minimum absolute atomic E-state index is 0.00607. The smallest absolute Gasteiger partial charge is 0.234 e.